The molecule has 4 N–H and O–H groups in total. The number of aliphatic carboxylic acids is 1. The maximum Gasteiger partial charge on any atom is 0.328 e. The third kappa shape index (κ3) is 5.06. The summed E-state index contributed by atoms with van der Waals surface area (Å²) in [5.74, 6) is -0.845. The molecule has 6 nitrogen and oxygen atoms in total. The molecular formula is C13H24N2O4. The van der Waals surface area contributed by atoms with Crippen molar-refractivity contribution in [1.82, 2.24) is 10.6 Å². The van der Waals surface area contributed by atoms with Crippen LogP contribution in [0.2, 0.25) is 0 Å². The molecular weight excluding hydrogens is 248 g/mol. The molecule has 1 saturated carbocycles. The van der Waals surface area contributed by atoms with Gasteiger partial charge in [0.2, 0.25) is 0 Å². The number of aliphatic hydroxyl groups is 1. The SMILES string of the molecule is CC1CCCCCC1NC(=O)N[C@H](C(=O)O)[C@@H](C)O. The molecule has 1 rings (SSSR count). The smallest absolute Gasteiger partial charge is 0.328 e. The summed E-state index contributed by atoms with van der Waals surface area (Å²) < 4.78 is 0. The molecule has 0 aromatic rings. The van der Waals surface area contributed by atoms with Crippen LogP contribution in [0.3, 0.4) is 0 Å². The number of carbonyl (C=O) groups excluding carboxylic acids is 1. The largest absolute Gasteiger partial charge is 0.480 e. The van der Waals surface area contributed by atoms with Gasteiger partial charge in [-0.3, -0.25) is 0 Å². The lowest BCUT2D eigenvalue weighted by atomic mass is 9.97. The number of amides is 2. The van der Waals surface area contributed by atoms with E-state index in [-0.39, 0.29) is 6.04 Å². The summed E-state index contributed by atoms with van der Waals surface area (Å²) in [6.07, 6.45) is 4.29. The number of carboxylic acids is 1. The highest BCUT2D eigenvalue weighted by atomic mass is 16.4. The van der Waals surface area contributed by atoms with Crippen molar-refractivity contribution in [3.8, 4) is 0 Å². The monoisotopic (exact) mass is 272 g/mol. The molecule has 0 spiro atoms. The molecule has 19 heavy (non-hydrogen) atoms. The van der Waals surface area contributed by atoms with Gasteiger partial charge >= 0.3 is 12.0 Å². The van der Waals surface area contributed by atoms with Gasteiger partial charge in [0, 0.05) is 6.04 Å². The van der Waals surface area contributed by atoms with Gasteiger partial charge in [-0.25, -0.2) is 9.59 Å². The summed E-state index contributed by atoms with van der Waals surface area (Å²) in [4.78, 5) is 22.7. The summed E-state index contributed by atoms with van der Waals surface area (Å²) in [6.45, 7) is 3.44. The second-order valence-corrected chi connectivity index (χ2v) is 5.40. The fourth-order valence-electron chi connectivity index (χ4n) is 2.45. The molecule has 1 fully saturated rings. The van der Waals surface area contributed by atoms with E-state index in [2.05, 4.69) is 17.6 Å². The van der Waals surface area contributed by atoms with E-state index in [1.807, 2.05) is 0 Å². The molecule has 6 heteroatoms. The van der Waals surface area contributed by atoms with Crippen LogP contribution in [0.1, 0.15) is 46.0 Å². The molecule has 0 aromatic carbocycles. The number of rotatable bonds is 4. The van der Waals surface area contributed by atoms with Crippen molar-refractivity contribution in [1.29, 1.82) is 0 Å². The van der Waals surface area contributed by atoms with Crippen molar-refractivity contribution in [3.63, 3.8) is 0 Å². The number of carboxylic acid groups (broad SMARTS) is 1. The minimum atomic E-state index is -1.28. The molecule has 0 aromatic heterocycles. The van der Waals surface area contributed by atoms with Crippen LogP contribution >= 0.6 is 0 Å². The zero-order chi connectivity index (χ0) is 14.4. The van der Waals surface area contributed by atoms with Crippen LogP contribution in [0.5, 0.6) is 0 Å². The van der Waals surface area contributed by atoms with E-state index < -0.39 is 24.1 Å². The van der Waals surface area contributed by atoms with Gasteiger partial charge in [-0.05, 0) is 25.7 Å². The van der Waals surface area contributed by atoms with E-state index in [1.54, 1.807) is 0 Å². The summed E-state index contributed by atoms with van der Waals surface area (Å²) in [6, 6.07) is -1.72. The first kappa shape index (κ1) is 15.8. The van der Waals surface area contributed by atoms with E-state index in [0.29, 0.717) is 5.92 Å². The van der Waals surface area contributed by atoms with Gasteiger partial charge in [0.05, 0.1) is 6.10 Å². The molecule has 2 unspecified atom stereocenters. The Morgan fingerprint density at radius 3 is 2.42 bits per heavy atom. The molecule has 0 bridgehead atoms. The van der Waals surface area contributed by atoms with Crippen molar-refractivity contribution in [3.05, 3.63) is 0 Å². The standard InChI is InChI=1S/C13H24N2O4/c1-8-6-4-3-5-7-10(8)14-13(19)15-11(9(2)16)12(17)18/h8-11,16H,3-7H2,1-2H3,(H,17,18)(H2,14,15,19)/t8?,9-,10?,11+/m1/s1. The van der Waals surface area contributed by atoms with Gasteiger partial charge in [0.15, 0.2) is 6.04 Å². The molecule has 0 heterocycles. The Kier molecular flexibility index (Phi) is 6.08. The van der Waals surface area contributed by atoms with Crippen molar-refractivity contribution < 1.29 is 19.8 Å². The lowest BCUT2D eigenvalue weighted by Gasteiger charge is -2.25. The second-order valence-electron chi connectivity index (χ2n) is 5.40. The van der Waals surface area contributed by atoms with Crippen LogP contribution in [0.25, 0.3) is 0 Å². The van der Waals surface area contributed by atoms with Crippen molar-refractivity contribution in [2.45, 2.75) is 64.1 Å². The Hall–Kier alpha value is -1.30. The first-order chi connectivity index (χ1) is 8.91. The van der Waals surface area contributed by atoms with Crippen molar-refractivity contribution in [2.75, 3.05) is 0 Å². The Morgan fingerprint density at radius 2 is 1.84 bits per heavy atom. The quantitative estimate of drug-likeness (QED) is 0.576. The number of hydrogen-bond acceptors (Lipinski definition) is 3. The molecule has 110 valence electrons. The van der Waals surface area contributed by atoms with Crippen LogP contribution in [0.4, 0.5) is 4.79 Å². The zero-order valence-electron chi connectivity index (χ0n) is 11.6. The average molecular weight is 272 g/mol. The maximum atomic E-state index is 11.8. The number of hydrogen-bond donors (Lipinski definition) is 4. The maximum absolute atomic E-state index is 11.8. The number of aliphatic hydroxyl groups excluding tert-OH is 1. The lowest BCUT2D eigenvalue weighted by Crippen LogP contribution is -2.53. The van der Waals surface area contributed by atoms with Gasteiger partial charge in [-0.1, -0.05) is 26.2 Å². The van der Waals surface area contributed by atoms with E-state index in [9.17, 15) is 14.7 Å². The van der Waals surface area contributed by atoms with Crippen LogP contribution in [0.15, 0.2) is 0 Å². The minimum absolute atomic E-state index is 0.0749. The molecule has 1 aliphatic rings. The predicted octanol–water partition coefficient (Wildman–Crippen LogP) is 1.09. The fraction of sp³-hybridized carbons (Fsp3) is 0.846. The topological polar surface area (TPSA) is 98.7 Å². The molecule has 0 saturated heterocycles. The Labute approximate surface area is 113 Å². The fourth-order valence-corrected chi connectivity index (χ4v) is 2.45. The number of nitrogens with one attached hydrogen (secondary N) is 2. The molecule has 0 aliphatic heterocycles. The summed E-state index contributed by atoms with van der Waals surface area (Å²) in [5, 5.41) is 23.3. The van der Waals surface area contributed by atoms with Crippen LogP contribution in [-0.2, 0) is 4.79 Å². The molecule has 1 aliphatic carbocycles. The van der Waals surface area contributed by atoms with Crippen molar-refractivity contribution >= 4 is 12.0 Å². The molecule has 4 atom stereocenters. The summed E-state index contributed by atoms with van der Waals surface area (Å²) in [5.41, 5.74) is 0. The van der Waals surface area contributed by atoms with E-state index in [1.165, 1.54) is 19.8 Å². The number of carbonyl (C=O) groups is 2. The Bertz CT molecular complexity index is 320. The highest BCUT2D eigenvalue weighted by molar-refractivity contribution is 5.83. The highest BCUT2D eigenvalue weighted by Gasteiger charge is 2.27. The minimum Gasteiger partial charge on any atom is -0.480 e. The third-order valence-corrected chi connectivity index (χ3v) is 3.71. The summed E-state index contributed by atoms with van der Waals surface area (Å²) >= 11 is 0. The third-order valence-electron chi connectivity index (χ3n) is 3.71. The Balaban J connectivity index is 2.51. The average Bonchev–Trinajstić information content (AvgIpc) is 2.51. The van der Waals surface area contributed by atoms with Gasteiger partial charge in [0.25, 0.3) is 0 Å². The first-order valence-corrected chi connectivity index (χ1v) is 6.89. The van der Waals surface area contributed by atoms with Gasteiger partial charge in [0.1, 0.15) is 0 Å². The van der Waals surface area contributed by atoms with E-state index in [4.69, 9.17) is 5.11 Å². The molecule has 0 radical (unpaired) electrons. The van der Waals surface area contributed by atoms with Gasteiger partial charge < -0.3 is 20.8 Å². The van der Waals surface area contributed by atoms with Crippen molar-refractivity contribution in [2.24, 2.45) is 5.92 Å². The summed E-state index contributed by atoms with van der Waals surface area (Å²) in [7, 11) is 0. The Morgan fingerprint density at radius 1 is 1.21 bits per heavy atom. The molecule has 2 amide bonds. The van der Waals surface area contributed by atoms with Gasteiger partial charge in [-0.15, -0.1) is 0 Å². The zero-order valence-corrected chi connectivity index (χ0v) is 11.6. The van der Waals surface area contributed by atoms with Crippen LogP contribution in [0, 0.1) is 5.92 Å². The van der Waals surface area contributed by atoms with E-state index >= 15 is 0 Å². The normalized spacial score (nSPS) is 26.9. The van der Waals surface area contributed by atoms with Crippen LogP contribution in [-0.4, -0.2) is 40.4 Å². The highest BCUT2D eigenvalue weighted by Crippen LogP contribution is 2.22. The number of urea groups is 1. The lowest BCUT2D eigenvalue weighted by molar-refractivity contribution is -0.141. The van der Waals surface area contributed by atoms with Gasteiger partial charge in [-0.2, -0.15) is 0 Å². The van der Waals surface area contributed by atoms with Crippen LogP contribution < -0.4 is 10.6 Å². The second kappa shape index (κ2) is 7.33. The first-order valence-electron chi connectivity index (χ1n) is 6.89. The predicted molar refractivity (Wildman–Crippen MR) is 70.8 cm³/mol. The van der Waals surface area contributed by atoms with E-state index in [0.717, 1.165) is 19.3 Å².